The van der Waals surface area contributed by atoms with E-state index in [1.165, 1.54) is 25.7 Å². The number of nitrogens with two attached hydrogens (primary N) is 1. The van der Waals surface area contributed by atoms with E-state index in [1.807, 2.05) is 13.1 Å². The predicted octanol–water partition coefficient (Wildman–Crippen LogP) is 1.01. The van der Waals surface area contributed by atoms with Crippen molar-refractivity contribution in [3.63, 3.8) is 0 Å². The van der Waals surface area contributed by atoms with Crippen molar-refractivity contribution in [2.75, 3.05) is 30.8 Å². The van der Waals surface area contributed by atoms with Gasteiger partial charge in [0.05, 0.1) is 0 Å². The van der Waals surface area contributed by atoms with E-state index in [-0.39, 0.29) is 0 Å². The zero-order valence-electron chi connectivity index (χ0n) is 11.9. The minimum absolute atomic E-state index is 0.311. The van der Waals surface area contributed by atoms with Crippen LogP contribution in [-0.2, 0) is 0 Å². The molecule has 5 nitrogen and oxygen atoms in total. The Kier molecular flexibility index (Phi) is 3.75. The number of aromatic nitrogens is 2. The van der Waals surface area contributed by atoms with E-state index in [0.717, 1.165) is 24.6 Å². The summed E-state index contributed by atoms with van der Waals surface area (Å²) < 4.78 is 0. The summed E-state index contributed by atoms with van der Waals surface area (Å²) in [4.78, 5) is 10.7. The topological polar surface area (TPSA) is 67.1 Å². The third-order valence-corrected chi connectivity index (χ3v) is 4.10. The Morgan fingerprint density at radius 1 is 1.30 bits per heavy atom. The van der Waals surface area contributed by atoms with E-state index in [0.29, 0.717) is 17.9 Å². The van der Waals surface area contributed by atoms with Crippen LogP contribution < -0.4 is 16.0 Å². The van der Waals surface area contributed by atoms with Crippen molar-refractivity contribution in [1.82, 2.24) is 15.3 Å². The third kappa shape index (κ3) is 2.86. The molecule has 20 heavy (non-hydrogen) atoms. The lowest BCUT2D eigenvalue weighted by Gasteiger charge is -2.39. The van der Waals surface area contributed by atoms with E-state index >= 15 is 0 Å². The molecule has 1 saturated heterocycles. The summed E-state index contributed by atoms with van der Waals surface area (Å²) in [7, 11) is 1.98. The van der Waals surface area contributed by atoms with Gasteiger partial charge in [0, 0.05) is 31.1 Å². The lowest BCUT2D eigenvalue weighted by atomic mass is 10.1. The van der Waals surface area contributed by atoms with Gasteiger partial charge in [-0.2, -0.15) is 4.98 Å². The van der Waals surface area contributed by atoms with Crippen LogP contribution in [0, 0.1) is 17.8 Å². The third-order valence-electron chi connectivity index (χ3n) is 4.10. The minimum atomic E-state index is 0.311. The number of nitrogen functional groups attached to an aromatic ring is 1. The Labute approximate surface area is 120 Å². The van der Waals surface area contributed by atoms with E-state index in [9.17, 15) is 0 Å². The summed E-state index contributed by atoms with van der Waals surface area (Å²) in [5.74, 6) is 8.23. The van der Waals surface area contributed by atoms with Gasteiger partial charge in [-0.25, -0.2) is 4.98 Å². The Bertz CT molecular complexity index is 533. The molecule has 0 amide bonds. The van der Waals surface area contributed by atoms with E-state index in [4.69, 9.17) is 5.73 Å². The van der Waals surface area contributed by atoms with Gasteiger partial charge in [-0.3, -0.25) is 0 Å². The van der Waals surface area contributed by atoms with Gasteiger partial charge in [-0.05, 0) is 25.8 Å². The summed E-state index contributed by atoms with van der Waals surface area (Å²) >= 11 is 0. The lowest BCUT2D eigenvalue weighted by molar-refractivity contribution is 0.447. The van der Waals surface area contributed by atoms with E-state index < -0.39 is 0 Å². The van der Waals surface area contributed by atoms with Gasteiger partial charge in [-0.15, -0.1) is 0 Å². The number of nitrogens with one attached hydrogen (secondary N) is 1. The van der Waals surface area contributed by atoms with Crippen molar-refractivity contribution < 1.29 is 0 Å². The molecule has 0 aromatic carbocycles. The lowest BCUT2D eigenvalue weighted by Crippen LogP contribution is -2.57. The fraction of sp³-hybridized carbons (Fsp3) is 0.600. The number of likely N-dealkylation sites (N-methyl/N-ethyl adjacent to an activating group) is 1. The molecule has 0 atom stereocenters. The Balaban J connectivity index is 1.73. The summed E-state index contributed by atoms with van der Waals surface area (Å²) in [6, 6.07) is 2.49. The average Bonchev–Trinajstić information content (AvgIpc) is 2.88. The fourth-order valence-electron chi connectivity index (χ4n) is 2.77. The van der Waals surface area contributed by atoms with Gasteiger partial charge >= 0.3 is 0 Å². The maximum Gasteiger partial charge on any atom is 0.223 e. The summed E-state index contributed by atoms with van der Waals surface area (Å²) in [5.41, 5.74) is 6.54. The van der Waals surface area contributed by atoms with Gasteiger partial charge in [0.2, 0.25) is 5.95 Å². The highest BCUT2D eigenvalue weighted by atomic mass is 15.3. The van der Waals surface area contributed by atoms with Crippen LogP contribution in [0.2, 0.25) is 0 Å². The predicted molar refractivity (Wildman–Crippen MR) is 80.3 cm³/mol. The largest absolute Gasteiger partial charge is 0.368 e. The maximum absolute atomic E-state index is 5.79. The molecule has 5 heteroatoms. The van der Waals surface area contributed by atoms with Crippen molar-refractivity contribution in [2.24, 2.45) is 5.92 Å². The first-order valence-electron chi connectivity index (χ1n) is 7.33. The highest BCUT2D eigenvalue weighted by molar-refractivity contribution is 5.50. The zero-order valence-corrected chi connectivity index (χ0v) is 11.9. The molecule has 1 aromatic rings. The SMILES string of the molecule is CNC1CN(c2cc(C#CC3CCCC3)nc(N)n2)C1. The minimum Gasteiger partial charge on any atom is -0.368 e. The molecule has 1 aliphatic heterocycles. The number of hydrogen-bond donors (Lipinski definition) is 2. The molecular formula is C15H21N5. The summed E-state index contributed by atoms with van der Waals surface area (Å²) in [6.45, 7) is 1.92. The number of nitrogens with zero attached hydrogens (tertiary/aromatic N) is 3. The molecule has 0 bridgehead atoms. The summed E-state index contributed by atoms with van der Waals surface area (Å²) in [6.07, 6.45) is 5.04. The first-order chi connectivity index (χ1) is 9.74. The van der Waals surface area contributed by atoms with Crippen molar-refractivity contribution >= 4 is 11.8 Å². The molecule has 0 radical (unpaired) electrons. The van der Waals surface area contributed by atoms with Crippen molar-refractivity contribution in [3.05, 3.63) is 11.8 Å². The first-order valence-corrected chi connectivity index (χ1v) is 7.33. The van der Waals surface area contributed by atoms with Crippen LogP contribution in [0.1, 0.15) is 31.4 Å². The molecule has 1 aliphatic carbocycles. The van der Waals surface area contributed by atoms with E-state index in [1.54, 1.807) is 0 Å². The van der Waals surface area contributed by atoms with Crippen molar-refractivity contribution in [3.8, 4) is 11.8 Å². The molecule has 2 heterocycles. The zero-order chi connectivity index (χ0) is 13.9. The highest BCUT2D eigenvalue weighted by Crippen LogP contribution is 2.24. The van der Waals surface area contributed by atoms with Crippen LogP contribution in [0.15, 0.2) is 6.07 Å². The maximum atomic E-state index is 5.79. The van der Waals surface area contributed by atoms with Crippen LogP contribution >= 0.6 is 0 Å². The number of hydrogen-bond acceptors (Lipinski definition) is 5. The molecular weight excluding hydrogens is 250 g/mol. The van der Waals surface area contributed by atoms with Gasteiger partial charge in [-0.1, -0.05) is 18.8 Å². The first kappa shape index (κ1) is 13.2. The van der Waals surface area contributed by atoms with Crippen LogP contribution in [-0.4, -0.2) is 36.1 Å². The quantitative estimate of drug-likeness (QED) is 0.786. The standard InChI is InChI=1S/C15H21N5/c1-17-13-9-20(10-13)14-8-12(18-15(16)19-14)7-6-11-4-2-3-5-11/h8,11,13,17H,2-5,9-10H2,1H3,(H2,16,18,19). The summed E-state index contributed by atoms with van der Waals surface area (Å²) in [5, 5.41) is 3.25. The molecule has 2 aliphatic rings. The van der Waals surface area contributed by atoms with Crippen molar-refractivity contribution in [2.45, 2.75) is 31.7 Å². The normalized spacial score (nSPS) is 19.6. The molecule has 1 saturated carbocycles. The smallest absolute Gasteiger partial charge is 0.223 e. The fourth-order valence-corrected chi connectivity index (χ4v) is 2.77. The number of anilines is 2. The van der Waals surface area contributed by atoms with Crippen LogP contribution in [0.4, 0.5) is 11.8 Å². The molecule has 0 spiro atoms. The Hall–Kier alpha value is -1.80. The van der Waals surface area contributed by atoms with Crippen molar-refractivity contribution in [1.29, 1.82) is 0 Å². The van der Waals surface area contributed by atoms with Gasteiger partial charge in [0.25, 0.3) is 0 Å². The molecule has 3 rings (SSSR count). The molecule has 106 valence electrons. The van der Waals surface area contributed by atoms with Crippen LogP contribution in [0.25, 0.3) is 0 Å². The van der Waals surface area contributed by atoms with Crippen LogP contribution in [0.5, 0.6) is 0 Å². The van der Waals surface area contributed by atoms with Crippen LogP contribution in [0.3, 0.4) is 0 Å². The monoisotopic (exact) mass is 271 g/mol. The molecule has 2 fully saturated rings. The second-order valence-corrected chi connectivity index (χ2v) is 5.61. The van der Waals surface area contributed by atoms with E-state index in [2.05, 4.69) is 32.0 Å². The average molecular weight is 271 g/mol. The molecule has 0 unspecified atom stereocenters. The second-order valence-electron chi connectivity index (χ2n) is 5.61. The Morgan fingerprint density at radius 3 is 2.75 bits per heavy atom. The molecule has 1 aromatic heterocycles. The highest BCUT2D eigenvalue weighted by Gasteiger charge is 2.26. The second kappa shape index (κ2) is 5.68. The Morgan fingerprint density at radius 2 is 2.05 bits per heavy atom. The number of rotatable bonds is 2. The van der Waals surface area contributed by atoms with Gasteiger partial charge in [0.15, 0.2) is 0 Å². The van der Waals surface area contributed by atoms with Gasteiger partial charge < -0.3 is 16.0 Å². The molecule has 3 N–H and O–H groups in total. The van der Waals surface area contributed by atoms with Gasteiger partial charge in [0.1, 0.15) is 11.5 Å².